The Bertz CT molecular complexity index is 534. The first-order valence-corrected chi connectivity index (χ1v) is 5.58. The van der Waals surface area contributed by atoms with E-state index in [4.69, 9.17) is 27.9 Å². The lowest BCUT2D eigenvalue weighted by Gasteiger charge is -2.08. The fourth-order valence-electron chi connectivity index (χ4n) is 1.22. The number of benzene rings is 1. The van der Waals surface area contributed by atoms with Gasteiger partial charge in [-0.1, -0.05) is 23.2 Å². The molecule has 0 saturated carbocycles. The Labute approximate surface area is 109 Å². The van der Waals surface area contributed by atoms with Crippen LogP contribution in [0.3, 0.4) is 0 Å². The maximum atomic E-state index is 5.89. The third-order valence-electron chi connectivity index (χ3n) is 2.01. The molecule has 0 aliphatic heterocycles. The molecule has 0 aliphatic rings. The standard InChI is InChI=1S/C11H9Cl2N3O/c1-14-10-11(16-5-4-15-10)17-7-2-3-8(12)9(13)6-7/h2-6H,1H3,(H,14,15). The van der Waals surface area contributed by atoms with Crippen LogP contribution in [0.15, 0.2) is 30.6 Å². The maximum absolute atomic E-state index is 5.89. The van der Waals surface area contributed by atoms with Crippen molar-refractivity contribution in [3.8, 4) is 11.6 Å². The number of ether oxygens (including phenoxy) is 1. The van der Waals surface area contributed by atoms with Crippen LogP contribution in [0, 0.1) is 0 Å². The van der Waals surface area contributed by atoms with Gasteiger partial charge in [-0.2, -0.15) is 0 Å². The molecule has 0 fully saturated rings. The lowest BCUT2D eigenvalue weighted by atomic mass is 10.3. The van der Waals surface area contributed by atoms with Crippen molar-refractivity contribution in [3.05, 3.63) is 40.6 Å². The van der Waals surface area contributed by atoms with Crippen molar-refractivity contribution in [1.82, 2.24) is 9.97 Å². The van der Waals surface area contributed by atoms with E-state index in [9.17, 15) is 0 Å². The van der Waals surface area contributed by atoms with Crippen LogP contribution in [0.1, 0.15) is 0 Å². The van der Waals surface area contributed by atoms with Crippen molar-refractivity contribution in [3.63, 3.8) is 0 Å². The highest BCUT2D eigenvalue weighted by molar-refractivity contribution is 6.42. The molecular weight excluding hydrogens is 261 g/mol. The molecule has 1 heterocycles. The number of hydrogen-bond donors (Lipinski definition) is 1. The van der Waals surface area contributed by atoms with Crippen molar-refractivity contribution in [1.29, 1.82) is 0 Å². The summed E-state index contributed by atoms with van der Waals surface area (Å²) in [6.07, 6.45) is 3.13. The van der Waals surface area contributed by atoms with Gasteiger partial charge in [-0.15, -0.1) is 0 Å². The van der Waals surface area contributed by atoms with E-state index in [1.54, 1.807) is 37.6 Å². The second-order valence-electron chi connectivity index (χ2n) is 3.14. The Morgan fingerprint density at radius 1 is 1.12 bits per heavy atom. The van der Waals surface area contributed by atoms with Crippen LogP contribution in [0.2, 0.25) is 10.0 Å². The molecule has 0 amide bonds. The summed E-state index contributed by atoms with van der Waals surface area (Å²) in [5.74, 6) is 1.49. The Hall–Kier alpha value is -1.52. The number of anilines is 1. The van der Waals surface area contributed by atoms with E-state index in [-0.39, 0.29) is 0 Å². The molecule has 1 N–H and O–H groups in total. The summed E-state index contributed by atoms with van der Waals surface area (Å²) < 4.78 is 5.56. The predicted octanol–water partition coefficient (Wildman–Crippen LogP) is 3.62. The fraction of sp³-hybridized carbons (Fsp3) is 0.0909. The Morgan fingerprint density at radius 3 is 2.59 bits per heavy atom. The smallest absolute Gasteiger partial charge is 0.262 e. The quantitative estimate of drug-likeness (QED) is 0.925. The van der Waals surface area contributed by atoms with Gasteiger partial charge in [0.05, 0.1) is 10.0 Å². The second kappa shape index (κ2) is 5.21. The first kappa shape index (κ1) is 12.0. The van der Waals surface area contributed by atoms with E-state index in [0.29, 0.717) is 27.5 Å². The molecule has 88 valence electrons. The van der Waals surface area contributed by atoms with E-state index in [1.807, 2.05) is 0 Å². The molecule has 0 radical (unpaired) electrons. The molecule has 17 heavy (non-hydrogen) atoms. The molecule has 2 rings (SSSR count). The van der Waals surface area contributed by atoms with Crippen molar-refractivity contribution in [2.24, 2.45) is 0 Å². The highest BCUT2D eigenvalue weighted by atomic mass is 35.5. The first-order chi connectivity index (χ1) is 8.20. The van der Waals surface area contributed by atoms with Gasteiger partial charge in [-0.3, -0.25) is 0 Å². The van der Waals surface area contributed by atoms with Gasteiger partial charge in [0.25, 0.3) is 5.88 Å². The van der Waals surface area contributed by atoms with Crippen molar-refractivity contribution < 1.29 is 4.74 Å². The number of hydrogen-bond acceptors (Lipinski definition) is 4. The average Bonchev–Trinajstić information content (AvgIpc) is 2.34. The van der Waals surface area contributed by atoms with E-state index < -0.39 is 0 Å². The summed E-state index contributed by atoms with van der Waals surface area (Å²) in [4.78, 5) is 8.15. The molecule has 0 saturated heterocycles. The van der Waals surface area contributed by atoms with Crippen LogP contribution >= 0.6 is 23.2 Å². The monoisotopic (exact) mass is 269 g/mol. The molecule has 0 bridgehead atoms. The van der Waals surface area contributed by atoms with Crippen LogP contribution in [0.4, 0.5) is 5.82 Å². The second-order valence-corrected chi connectivity index (χ2v) is 3.95. The van der Waals surface area contributed by atoms with E-state index in [2.05, 4.69) is 15.3 Å². The normalized spacial score (nSPS) is 10.1. The van der Waals surface area contributed by atoms with Gasteiger partial charge in [-0.25, -0.2) is 9.97 Å². The number of nitrogens with zero attached hydrogens (tertiary/aromatic N) is 2. The molecular formula is C11H9Cl2N3O. The molecule has 2 aromatic rings. The Kier molecular flexibility index (Phi) is 3.66. The molecule has 0 atom stereocenters. The summed E-state index contributed by atoms with van der Waals surface area (Å²) in [7, 11) is 1.74. The lowest BCUT2D eigenvalue weighted by Crippen LogP contribution is -1.98. The SMILES string of the molecule is CNc1nccnc1Oc1ccc(Cl)c(Cl)c1. The van der Waals surface area contributed by atoms with E-state index in [0.717, 1.165) is 0 Å². The van der Waals surface area contributed by atoms with Crippen molar-refractivity contribution in [2.45, 2.75) is 0 Å². The molecule has 6 heteroatoms. The van der Waals surface area contributed by atoms with Gasteiger partial charge in [0.2, 0.25) is 0 Å². The van der Waals surface area contributed by atoms with Gasteiger partial charge in [0, 0.05) is 25.5 Å². The number of rotatable bonds is 3. The molecule has 0 unspecified atom stereocenters. The summed E-state index contributed by atoms with van der Waals surface area (Å²) in [6, 6.07) is 5.00. The van der Waals surface area contributed by atoms with Gasteiger partial charge >= 0.3 is 0 Å². The van der Waals surface area contributed by atoms with Crippen LogP contribution in [0.25, 0.3) is 0 Å². The maximum Gasteiger partial charge on any atom is 0.262 e. The summed E-state index contributed by atoms with van der Waals surface area (Å²) in [5, 5.41) is 3.79. The third kappa shape index (κ3) is 2.78. The minimum atomic E-state index is 0.383. The van der Waals surface area contributed by atoms with Gasteiger partial charge in [0.15, 0.2) is 5.82 Å². The van der Waals surface area contributed by atoms with Crippen molar-refractivity contribution >= 4 is 29.0 Å². The lowest BCUT2D eigenvalue weighted by molar-refractivity contribution is 0.463. The molecule has 0 aliphatic carbocycles. The fourth-order valence-corrected chi connectivity index (χ4v) is 1.51. The molecule has 4 nitrogen and oxygen atoms in total. The average molecular weight is 270 g/mol. The highest BCUT2D eigenvalue weighted by Crippen LogP contribution is 2.30. The first-order valence-electron chi connectivity index (χ1n) is 4.82. The van der Waals surface area contributed by atoms with Crippen LogP contribution in [0.5, 0.6) is 11.6 Å². The molecule has 1 aromatic heterocycles. The zero-order chi connectivity index (χ0) is 12.3. The summed E-state index contributed by atoms with van der Waals surface area (Å²) in [5.41, 5.74) is 0. The van der Waals surface area contributed by atoms with Gasteiger partial charge in [0.1, 0.15) is 5.75 Å². The molecule has 1 aromatic carbocycles. The van der Waals surface area contributed by atoms with Crippen LogP contribution in [-0.4, -0.2) is 17.0 Å². The largest absolute Gasteiger partial charge is 0.436 e. The van der Waals surface area contributed by atoms with Crippen LogP contribution in [-0.2, 0) is 0 Å². The minimum absolute atomic E-state index is 0.383. The topological polar surface area (TPSA) is 47.0 Å². The number of halogens is 2. The van der Waals surface area contributed by atoms with Crippen molar-refractivity contribution in [2.75, 3.05) is 12.4 Å². The zero-order valence-corrected chi connectivity index (χ0v) is 10.5. The third-order valence-corrected chi connectivity index (χ3v) is 2.75. The van der Waals surface area contributed by atoms with Crippen LogP contribution < -0.4 is 10.1 Å². The summed E-state index contributed by atoms with van der Waals surface area (Å²) >= 11 is 11.7. The predicted molar refractivity (Wildman–Crippen MR) is 68.1 cm³/mol. The Morgan fingerprint density at radius 2 is 1.88 bits per heavy atom. The highest BCUT2D eigenvalue weighted by Gasteiger charge is 2.07. The van der Waals surface area contributed by atoms with E-state index >= 15 is 0 Å². The van der Waals surface area contributed by atoms with Gasteiger partial charge in [-0.05, 0) is 12.1 Å². The molecule has 0 spiro atoms. The number of nitrogens with one attached hydrogen (secondary N) is 1. The van der Waals surface area contributed by atoms with E-state index in [1.165, 1.54) is 0 Å². The zero-order valence-electron chi connectivity index (χ0n) is 8.95. The summed E-state index contributed by atoms with van der Waals surface area (Å²) in [6.45, 7) is 0. The van der Waals surface area contributed by atoms with Gasteiger partial charge < -0.3 is 10.1 Å². The number of aromatic nitrogens is 2. The minimum Gasteiger partial charge on any atom is -0.436 e. The Balaban J connectivity index is 2.28.